The predicted octanol–water partition coefficient (Wildman–Crippen LogP) is 3.94. The van der Waals surface area contributed by atoms with Gasteiger partial charge in [-0.15, -0.1) is 0 Å². The van der Waals surface area contributed by atoms with Gasteiger partial charge in [-0.05, 0) is 25.5 Å². The lowest BCUT2D eigenvalue weighted by molar-refractivity contribution is 0.0953. The van der Waals surface area contributed by atoms with Crippen molar-refractivity contribution in [2.24, 2.45) is 0 Å². The third-order valence-corrected chi connectivity index (χ3v) is 4.46. The Morgan fingerprint density at radius 2 is 2.11 bits per heavy atom. The van der Waals surface area contributed by atoms with Crippen molar-refractivity contribution in [3.8, 4) is 5.75 Å². The van der Waals surface area contributed by atoms with Crippen LogP contribution in [-0.4, -0.2) is 33.5 Å². The zero-order valence-electron chi connectivity index (χ0n) is 15.3. The number of aromatic nitrogens is 2. The van der Waals surface area contributed by atoms with Crippen LogP contribution in [0.2, 0.25) is 0 Å². The Bertz CT molecular complexity index is 1000. The number of nitrogens with zero attached hydrogens (tertiary/aromatic N) is 3. The van der Waals surface area contributed by atoms with Crippen LogP contribution in [0.4, 0.5) is 5.69 Å². The van der Waals surface area contributed by atoms with E-state index in [-0.39, 0.29) is 24.7 Å². The molecule has 0 bridgehead atoms. The number of hydrogen-bond donors (Lipinski definition) is 1. The highest BCUT2D eigenvalue weighted by Crippen LogP contribution is 2.30. The maximum Gasteiger partial charge on any atom is 0.207 e. The monoisotopic (exact) mass is 363 g/mol. The Balaban J connectivity index is 2.03. The van der Waals surface area contributed by atoms with Crippen molar-refractivity contribution in [3.63, 3.8) is 0 Å². The van der Waals surface area contributed by atoms with Crippen LogP contribution >= 0.6 is 0 Å². The molecular weight excluding hydrogens is 342 g/mol. The number of aryl methyl sites for hydroxylation is 1. The van der Waals surface area contributed by atoms with E-state index in [1.165, 1.54) is 0 Å². The molecule has 1 atom stereocenters. The van der Waals surface area contributed by atoms with Crippen molar-refractivity contribution in [2.45, 2.75) is 26.2 Å². The van der Waals surface area contributed by atoms with Gasteiger partial charge in [-0.25, -0.2) is 9.83 Å². The summed E-state index contributed by atoms with van der Waals surface area (Å²) in [6.07, 6.45) is 1.76. The summed E-state index contributed by atoms with van der Waals surface area (Å²) in [6.45, 7) is 11.2. The number of pyridine rings is 1. The maximum absolute atomic E-state index is 13.1. The van der Waals surface area contributed by atoms with Gasteiger partial charge in [0.15, 0.2) is 17.2 Å². The van der Waals surface area contributed by atoms with Gasteiger partial charge in [0, 0.05) is 18.5 Å². The molecule has 1 N–H and O–H groups in total. The molecule has 138 valence electrons. The lowest BCUT2D eigenvalue weighted by Crippen LogP contribution is -2.13. The molecule has 27 heavy (non-hydrogen) atoms. The summed E-state index contributed by atoms with van der Waals surface area (Å²) >= 11 is 0. The van der Waals surface area contributed by atoms with E-state index in [4.69, 9.17) is 11.3 Å². The number of Topliss-reactive ketones (excluding diaryl/α,β-unsaturated/α-hetero) is 1. The molecule has 2 aromatic heterocycles. The van der Waals surface area contributed by atoms with E-state index in [9.17, 15) is 9.90 Å². The lowest BCUT2D eigenvalue weighted by Gasteiger charge is -2.14. The third kappa shape index (κ3) is 3.69. The first-order chi connectivity index (χ1) is 13.1. The number of carbonyl (C=O) groups is 1. The second kappa shape index (κ2) is 8.02. The van der Waals surface area contributed by atoms with Crippen LogP contribution in [0.5, 0.6) is 5.75 Å². The largest absolute Gasteiger partial charge is 0.491 e. The van der Waals surface area contributed by atoms with Gasteiger partial charge in [0.1, 0.15) is 5.69 Å². The number of aliphatic hydroxyl groups excluding tert-OH is 1. The Morgan fingerprint density at radius 1 is 1.37 bits per heavy atom. The molecule has 0 radical (unpaired) electrons. The van der Waals surface area contributed by atoms with Gasteiger partial charge in [0.25, 0.3) is 0 Å². The zero-order chi connectivity index (χ0) is 19.4. The fourth-order valence-electron chi connectivity index (χ4n) is 3.21. The van der Waals surface area contributed by atoms with Crippen molar-refractivity contribution in [2.75, 3.05) is 13.2 Å². The number of imidazole rings is 1. The van der Waals surface area contributed by atoms with Crippen LogP contribution in [-0.2, 0) is 0 Å². The maximum atomic E-state index is 13.1. The fourth-order valence-corrected chi connectivity index (χ4v) is 3.21. The van der Waals surface area contributed by atoms with E-state index in [2.05, 4.69) is 9.83 Å². The molecule has 0 saturated heterocycles. The van der Waals surface area contributed by atoms with Gasteiger partial charge >= 0.3 is 0 Å². The molecule has 6 nitrogen and oxygen atoms in total. The van der Waals surface area contributed by atoms with Crippen molar-refractivity contribution in [1.29, 1.82) is 0 Å². The first-order valence-electron chi connectivity index (χ1n) is 8.81. The van der Waals surface area contributed by atoms with Gasteiger partial charge in [-0.1, -0.05) is 30.3 Å². The summed E-state index contributed by atoms with van der Waals surface area (Å²) in [5, 5.41) is 9.77. The smallest absolute Gasteiger partial charge is 0.207 e. The molecule has 0 saturated carbocycles. The number of ether oxygens (including phenoxy) is 1. The van der Waals surface area contributed by atoms with Crippen LogP contribution in [0.15, 0.2) is 42.6 Å². The third-order valence-electron chi connectivity index (χ3n) is 4.46. The van der Waals surface area contributed by atoms with Crippen molar-refractivity contribution in [3.05, 3.63) is 71.0 Å². The van der Waals surface area contributed by atoms with Gasteiger partial charge in [-0.3, -0.25) is 4.79 Å². The van der Waals surface area contributed by atoms with E-state index >= 15 is 0 Å². The van der Waals surface area contributed by atoms with Gasteiger partial charge in [-0.2, -0.15) is 0 Å². The van der Waals surface area contributed by atoms with Gasteiger partial charge in [0.05, 0.1) is 25.5 Å². The fraction of sp³-hybridized carbons (Fsp3) is 0.286. The summed E-state index contributed by atoms with van der Waals surface area (Å²) in [7, 11) is 0. The van der Waals surface area contributed by atoms with Crippen LogP contribution in [0, 0.1) is 13.5 Å². The molecule has 0 aliphatic heterocycles. The average Bonchev–Trinajstić information content (AvgIpc) is 3.02. The van der Waals surface area contributed by atoms with E-state index in [1.807, 2.05) is 37.3 Å². The van der Waals surface area contributed by atoms with Crippen molar-refractivity contribution < 1.29 is 14.6 Å². The Hall–Kier alpha value is -3.17. The quantitative estimate of drug-likeness (QED) is 0.510. The van der Waals surface area contributed by atoms with Crippen LogP contribution in [0.25, 0.3) is 10.5 Å². The highest BCUT2D eigenvalue weighted by molar-refractivity contribution is 5.97. The van der Waals surface area contributed by atoms with E-state index < -0.39 is 0 Å². The van der Waals surface area contributed by atoms with Gasteiger partial charge < -0.3 is 14.2 Å². The summed E-state index contributed by atoms with van der Waals surface area (Å²) in [4.78, 5) is 21.0. The van der Waals surface area contributed by atoms with Crippen LogP contribution in [0.1, 0.15) is 41.0 Å². The second-order valence-corrected chi connectivity index (χ2v) is 6.26. The minimum absolute atomic E-state index is 0.122. The van der Waals surface area contributed by atoms with Crippen molar-refractivity contribution in [1.82, 2.24) is 9.38 Å². The molecule has 0 fully saturated rings. The average molecular weight is 363 g/mol. The minimum atomic E-state index is -0.293. The molecule has 3 aromatic rings. The first-order valence-corrected chi connectivity index (χ1v) is 8.81. The molecule has 6 heteroatoms. The number of carbonyl (C=O) groups excluding carboxylic acids is 1. The Labute approximate surface area is 157 Å². The highest BCUT2D eigenvalue weighted by atomic mass is 16.5. The summed E-state index contributed by atoms with van der Waals surface area (Å²) in [5.41, 5.74) is 2.81. The lowest BCUT2D eigenvalue weighted by atomic mass is 9.93. The number of fused-ring (bicyclic) bond motifs is 1. The van der Waals surface area contributed by atoms with Crippen molar-refractivity contribution >= 4 is 17.1 Å². The van der Waals surface area contributed by atoms with Crippen LogP contribution in [0.3, 0.4) is 0 Å². The summed E-state index contributed by atoms with van der Waals surface area (Å²) < 4.78 is 7.24. The van der Waals surface area contributed by atoms with E-state index in [0.29, 0.717) is 35.1 Å². The topological polar surface area (TPSA) is 68.2 Å². The number of hydrogen-bond acceptors (Lipinski definition) is 4. The SMILES string of the molecule is [C-]#[N+]c1cc(OCC)c2nc(C)c(C(=O)C[C@@H](CO)c3ccccc3)n2c1. The molecule has 0 amide bonds. The van der Waals surface area contributed by atoms with Gasteiger partial charge in [0.2, 0.25) is 5.69 Å². The normalized spacial score (nSPS) is 11.9. The zero-order valence-corrected chi connectivity index (χ0v) is 15.3. The molecule has 0 aliphatic carbocycles. The molecule has 1 aromatic carbocycles. The molecule has 0 aliphatic rings. The number of rotatable bonds is 7. The summed E-state index contributed by atoms with van der Waals surface area (Å²) in [6, 6.07) is 11.1. The predicted molar refractivity (Wildman–Crippen MR) is 103 cm³/mol. The molecule has 2 heterocycles. The first kappa shape index (κ1) is 18.6. The minimum Gasteiger partial charge on any atom is -0.491 e. The Kier molecular flexibility index (Phi) is 5.53. The van der Waals surface area contributed by atoms with Crippen LogP contribution < -0.4 is 4.74 Å². The molecular formula is C21H21N3O3. The Morgan fingerprint density at radius 3 is 2.74 bits per heavy atom. The standard InChI is InChI=1S/C21H21N3O3/c1-4-27-19-11-17(22-3)12-24-20(14(2)23-21(19)24)18(26)10-16(13-25)15-8-6-5-7-9-15/h5-9,11-12,16,25H,4,10,13H2,1-2H3/t16-/m0/s1. The molecule has 0 spiro atoms. The van der Waals surface area contributed by atoms with E-state index in [0.717, 1.165) is 5.56 Å². The second-order valence-electron chi connectivity index (χ2n) is 6.26. The highest BCUT2D eigenvalue weighted by Gasteiger charge is 2.23. The number of ketones is 1. The number of aliphatic hydroxyl groups is 1. The van der Waals surface area contributed by atoms with E-state index in [1.54, 1.807) is 23.6 Å². The summed E-state index contributed by atoms with van der Waals surface area (Å²) in [5.74, 6) is 0.0569. The number of benzene rings is 1. The molecule has 0 unspecified atom stereocenters. The molecule has 3 rings (SSSR count).